The summed E-state index contributed by atoms with van der Waals surface area (Å²) in [5.74, 6) is -1.11. The van der Waals surface area contributed by atoms with Crippen LogP contribution in [0, 0.1) is 18.7 Å². The zero-order valence-electron chi connectivity index (χ0n) is 16.2. The molecular formula is C19H24FN3O4S. The first-order chi connectivity index (χ1) is 13.0. The molecule has 1 amide bonds. The molecule has 0 radical (unpaired) electrons. The zero-order valence-corrected chi connectivity index (χ0v) is 17.1. The quantitative estimate of drug-likeness (QED) is 0.735. The Morgan fingerprint density at radius 1 is 1.25 bits per heavy atom. The third kappa shape index (κ3) is 5.66. The van der Waals surface area contributed by atoms with Crippen LogP contribution in [0.5, 0.6) is 0 Å². The molecule has 28 heavy (non-hydrogen) atoms. The Bertz CT molecular complexity index is 1050. The van der Waals surface area contributed by atoms with Gasteiger partial charge in [0.05, 0.1) is 17.6 Å². The van der Waals surface area contributed by atoms with Gasteiger partial charge in [0, 0.05) is 12.7 Å². The summed E-state index contributed by atoms with van der Waals surface area (Å²) in [7, 11) is -3.56. The molecule has 0 fully saturated rings. The number of anilines is 2. The van der Waals surface area contributed by atoms with Gasteiger partial charge in [0.1, 0.15) is 11.4 Å². The first-order valence-electron chi connectivity index (χ1n) is 8.76. The zero-order chi connectivity index (χ0) is 21.1. The molecule has 1 aromatic heterocycles. The average Bonchev–Trinajstić information content (AvgIpc) is 2.55. The summed E-state index contributed by atoms with van der Waals surface area (Å²) < 4.78 is 40.4. The van der Waals surface area contributed by atoms with Crippen LogP contribution in [0.25, 0.3) is 0 Å². The van der Waals surface area contributed by atoms with Crippen LogP contribution in [0.4, 0.5) is 15.8 Å². The minimum Gasteiger partial charge on any atom is -0.319 e. The second-order valence-electron chi connectivity index (χ2n) is 7.08. The maximum absolute atomic E-state index is 14.1. The van der Waals surface area contributed by atoms with Crippen LogP contribution in [0.3, 0.4) is 0 Å². The van der Waals surface area contributed by atoms with Gasteiger partial charge in [-0.05, 0) is 49.1 Å². The molecule has 0 unspecified atom stereocenters. The van der Waals surface area contributed by atoms with Crippen molar-refractivity contribution in [2.45, 2.75) is 33.7 Å². The highest BCUT2D eigenvalue weighted by molar-refractivity contribution is 7.92. The molecule has 9 heteroatoms. The van der Waals surface area contributed by atoms with Gasteiger partial charge in [-0.15, -0.1) is 0 Å². The smallest absolute Gasteiger partial charge is 0.263 e. The Balaban J connectivity index is 2.34. The molecule has 1 aromatic carbocycles. The van der Waals surface area contributed by atoms with Gasteiger partial charge in [0.15, 0.2) is 0 Å². The van der Waals surface area contributed by atoms with Crippen LogP contribution >= 0.6 is 0 Å². The first kappa shape index (κ1) is 21.6. The molecule has 1 heterocycles. The highest BCUT2D eigenvalue weighted by Gasteiger charge is 2.18. The summed E-state index contributed by atoms with van der Waals surface area (Å²) in [6.45, 7) is 6.17. The summed E-state index contributed by atoms with van der Waals surface area (Å²) in [5, 5.41) is 2.36. The summed E-state index contributed by atoms with van der Waals surface area (Å²) in [5.41, 5.74) is -0.196. The number of rotatable bonds is 7. The molecule has 0 bridgehead atoms. The Kier molecular flexibility index (Phi) is 6.60. The van der Waals surface area contributed by atoms with Gasteiger partial charge in [-0.2, -0.15) is 0 Å². The van der Waals surface area contributed by atoms with Crippen LogP contribution in [-0.4, -0.2) is 25.1 Å². The van der Waals surface area contributed by atoms with Gasteiger partial charge in [-0.3, -0.25) is 14.3 Å². The normalized spacial score (nSPS) is 11.5. The molecule has 2 rings (SSSR count). The fourth-order valence-corrected chi connectivity index (χ4v) is 3.15. The Morgan fingerprint density at radius 3 is 2.54 bits per heavy atom. The third-order valence-electron chi connectivity index (χ3n) is 4.07. The van der Waals surface area contributed by atoms with Crippen molar-refractivity contribution >= 4 is 27.3 Å². The minimum absolute atomic E-state index is 0.0767. The van der Waals surface area contributed by atoms with Crippen molar-refractivity contribution in [1.29, 1.82) is 0 Å². The molecule has 7 nitrogen and oxygen atoms in total. The third-order valence-corrected chi connectivity index (χ3v) is 4.67. The van der Waals surface area contributed by atoms with E-state index in [9.17, 15) is 22.4 Å². The van der Waals surface area contributed by atoms with E-state index in [1.54, 1.807) is 19.2 Å². The SMILES string of the molecule is Cc1ccn(CCC(C)C)c(=O)c1C(=O)Nc1cc(NS(C)(=O)=O)ccc1F. The highest BCUT2D eigenvalue weighted by atomic mass is 32.2. The van der Waals surface area contributed by atoms with E-state index in [0.29, 0.717) is 18.0 Å². The van der Waals surface area contributed by atoms with Gasteiger partial charge in [-0.25, -0.2) is 12.8 Å². The molecule has 0 spiro atoms. The van der Waals surface area contributed by atoms with Crippen LogP contribution in [-0.2, 0) is 16.6 Å². The molecule has 0 aliphatic heterocycles. The Labute approximate surface area is 163 Å². The molecule has 2 aromatic rings. The lowest BCUT2D eigenvalue weighted by atomic mass is 10.1. The summed E-state index contributed by atoms with van der Waals surface area (Å²) in [4.78, 5) is 25.4. The molecule has 0 atom stereocenters. The molecule has 0 aliphatic carbocycles. The average molecular weight is 409 g/mol. The second kappa shape index (κ2) is 8.55. The highest BCUT2D eigenvalue weighted by Crippen LogP contribution is 2.21. The largest absolute Gasteiger partial charge is 0.319 e. The lowest BCUT2D eigenvalue weighted by molar-refractivity contribution is 0.102. The van der Waals surface area contributed by atoms with Gasteiger partial charge < -0.3 is 9.88 Å². The summed E-state index contributed by atoms with van der Waals surface area (Å²) in [6, 6.07) is 5.08. The first-order valence-corrected chi connectivity index (χ1v) is 10.7. The number of carbonyl (C=O) groups is 1. The van der Waals surface area contributed by atoms with Crippen LogP contribution in [0.2, 0.25) is 0 Å². The minimum atomic E-state index is -3.56. The maximum Gasteiger partial charge on any atom is 0.263 e. The number of nitrogens with one attached hydrogen (secondary N) is 2. The number of nitrogens with zero attached hydrogens (tertiary/aromatic N) is 1. The van der Waals surface area contributed by atoms with Gasteiger partial charge in [-0.1, -0.05) is 13.8 Å². The Morgan fingerprint density at radius 2 is 1.93 bits per heavy atom. The standard InChI is InChI=1S/C19H24FN3O4S/c1-12(2)7-9-23-10-8-13(3)17(19(23)25)18(24)21-16-11-14(5-6-15(16)20)22-28(4,26)27/h5-6,8,10-12,22H,7,9H2,1-4H3,(H,21,24). The van der Waals surface area contributed by atoms with Crippen LogP contribution in [0.1, 0.15) is 36.2 Å². The van der Waals surface area contributed by atoms with Crippen LogP contribution in [0.15, 0.2) is 35.3 Å². The van der Waals surface area contributed by atoms with Crippen LogP contribution < -0.4 is 15.6 Å². The van der Waals surface area contributed by atoms with Crippen molar-refractivity contribution in [2.75, 3.05) is 16.3 Å². The fraction of sp³-hybridized carbons (Fsp3) is 0.368. The van der Waals surface area contributed by atoms with Crippen molar-refractivity contribution in [2.24, 2.45) is 5.92 Å². The number of aromatic nitrogens is 1. The topological polar surface area (TPSA) is 97.3 Å². The molecule has 0 aliphatic rings. The predicted molar refractivity (Wildman–Crippen MR) is 108 cm³/mol. The molecule has 0 saturated heterocycles. The van der Waals surface area contributed by atoms with Gasteiger partial charge in [0.25, 0.3) is 11.5 Å². The van der Waals surface area contributed by atoms with Crippen molar-refractivity contribution in [3.05, 3.63) is 57.8 Å². The van der Waals surface area contributed by atoms with Crippen molar-refractivity contribution in [1.82, 2.24) is 4.57 Å². The van der Waals surface area contributed by atoms with E-state index >= 15 is 0 Å². The van der Waals surface area contributed by atoms with E-state index in [1.807, 2.05) is 13.8 Å². The van der Waals surface area contributed by atoms with Crippen molar-refractivity contribution in [3.8, 4) is 0 Å². The number of amides is 1. The number of carbonyl (C=O) groups excluding carboxylic acids is 1. The summed E-state index contributed by atoms with van der Waals surface area (Å²) >= 11 is 0. The summed E-state index contributed by atoms with van der Waals surface area (Å²) in [6.07, 6.45) is 3.37. The monoisotopic (exact) mass is 409 g/mol. The molecule has 2 N–H and O–H groups in total. The fourth-order valence-electron chi connectivity index (χ4n) is 2.60. The van der Waals surface area contributed by atoms with E-state index in [0.717, 1.165) is 24.8 Å². The number of aryl methyl sites for hydroxylation is 2. The number of halogens is 1. The van der Waals surface area contributed by atoms with E-state index in [4.69, 9.17) is 0 Å². The number of hydrogen-bond acceptors (Lipinski definition) is 4. The maximum atomic E-state index is 14.1. The second-order valence-corrected chi connectivity index (χ2v) is 8.83. The van der Waals surface area contributed by atoms with Crippen molar-refractivity contribution in [3.63, 3.8) is 0 Å². The Hall–Kier alpha value is -2.68. The molecular weight excluding hydrogens is 385 g/mol. The van der Waals surface area contributed by atoms with Crippen molar-refractivity contribution < 1.29 is 17.6 Å². The lowest BCUT2D eigenvalue weighted by Gasteiger charge is -2.13. The lowest BCUT2D eigenvalue weighted by Crippen LogP contribution is -2.30. The number of hydrogen-bond donors (Lipinski definition) is 2. The molecule has 152 valence electrons. The van der Waals surface area contributed by atoms with E-state index in [2.05, 4.69) is 10.0 Å². The predicted octanol–water partition coefficient (Wildman–Crippen LogP) is 2.97. The van der Waals surface area contributed by atoms with E-state index in [-0.39, 0.29) is 16.9 Å². The number of benzene rings is 1. The number of pyridine rings is 1. The van der Waals surface area contributed by atoms with E-state index in [1.165, 1.54) is 10.6 Å². The van der Waals surface area contributed by atoms with Gasteiger partial charge >= 0.3 is 0 Å². The molecule has 0 saturated carbocycles. The number of sulfonamides is 1. The van der Waals surface area contributed by atoms with E-state index < -0.39 is 27.3 Å². The van der Waals surface area contributed by atoms with Gasteiger partial charge in [0.2, 0.25) is 10.0 Å².